The van der Waals surface area contributed by atoms with Crippen molar-refractivity contribution in [1.29, 1.82) is 0 Å². The van der Waals surface area contributed by atoms with Gasteiger partial charge in [0, 0.05) is 38.1 Å². The topological polar surface area (TPSA) is 70.5 Å². The average Bonchev–Trinajstić information content (AvgIpc) is 2.61. The number of nitrogens with one attached hydrogen (secondary N) is 1. The standard InChI is InChI=1S/C19H26N4O2/c1-15-5-3-6-17(9-15)25-14-19(24)7-4-8-23(13-19)12-16-10-21-18(20-2)22-11-16/h3,5-6,9-11,24H,4,7-8,12-14H2,1-2H3,(H,20,21,22)/t19-/m1/s1. The summed E-state index contributed by atoms with van der Waals surface area (Å²) in [4.78, 5) is 10.7. The maximum atomic E-state index is 10.9. The molecule has 0 amide bonds. The van der Waals surface area contributed by atoms with E-state index in [1.165, 1.54) is 0 Å². The van der Waals surface area contributed by atoms with Gasteiger partial charge in [0.1, 0.15) is 18.0 Å². The van der Waals surface area contributed by atoms with Gasteiger partial charge in [0.2, 0.25) is 5.95 Å². The number of benzene rings is 1. The molecule has 1 aromatic heterocycles. The Kier molecular flexibility index (Phi) is 5.50. The largest absolute Gasteiger partial charge is 0.491 e. The molecule has 0 radical (unpaired) electrons. The summed E-state index contributed by atoms with van der Waals surface area (Å²) in [5, 5.41) is 13.8. The van der Waals surface area contributed by atoms with Crippen LogP contribution in [0.4, 0.5) is 5.95 Å². The summed E-state index contributed by atoms with van der Waals surface area (Å²) in [6.07, 6.45) is 5.36. The van der Waals surface area contributed by atoms with Crippen LogP contribution in [0.5, 0.6) is 5.75 Å². The second-order valence-corrected chi connectivity index (χ2v) is 6.81. The zero-order chi connectivity index (χ0) is 17.7. The second-order valence-electron chi connectivity index (χ2n) is 6.81. The molecule has 134 valence electrons. The lowest BCUT2D eigenvalue weighted by molar-refractivity contribution is -0.0621. The summed E-state index contributed by atoms with van der Waals surface area (Å²) in [7, 11) is 1.80. The highest BCUT2D eigenvalue weighted by molar-refractivity contribution is 5.27. The smallest absolute Gasteiger partial charge is 0.222 e. The van der Waals surface area contributed by atoms with Gasteiger partial charge in [-0.05, 0) is 44.0 Å². The van der Waals surface area contributed by atoms with Crippen LogP contribution in [0.25, 0.3) is 0 Å². The Bertz CT molecular complexity index is 692. The third-order valence-corrected chi connectivity index (χ3v) is 4.47. The highest BCUT2D eigenvalue weighted by atomic mass is 16.5. The van der Waals surface area contributed by atoms with E-state index in [9.17, 15) is 5.11 Å². The summed E-state index contributed by atoms with van der Waals surface area (Å²) in [6.45, 7) is 4.62. The zero-order valence-corrected chi connectivity index (χ0v) is 14.9. The van der Waals surface area contributed by atoms with E-state index in [1.807, 2.05) is 43.6 Å². The van der Waals surface area contributed by atoms with Crippen molar-refractivity contribution >= 4 is 5.95 Å². The molecule has 0 spiro atoms. The predicted octanol–water partition coefficient (Wildman–Crippen LogP) is 2.23. The molecule has 1 aromatic carbocycles. The summed E-state index contributed by atoms with van der Waals surface area (Å²) < 4.78 is 5.85. The molecular formula is C19H26N4O2. The minimum absolute atomic E-state index is 0.308. The Morgan fingerprint density at radius 1 is 1.32 bits per heavy atom. The molecule has 0 unspecified atom stereocenters. The van der Waals surface area contributed by atoms with Crippen molar-refractivity contribution in [3.63, 3.8) is 0 Å². The van der Waals surface area contributed by atoms with Crippen molar-refractivity contribution in [2.45, 2.75) is 31.9 Å². The molecule has 1 atom stereocenters. The van der Waals surface area contributed by atoms with Gasteiger partial charge in [0.15, 0.2) is 0 Å². The SMILES string of the molecule is CNc1ncc(CN2CCC[C@](O)(COc3cccc(C)c3)C2)cn1. The van der Waals surface area contributed by atoms with Gasteiger partial charge in [-0.25, -0.2) is 9.97 Å². The van der Waals surface area contributed by atoms with Crippen LogP contribution in [-0.2, 0) is 6.54 Å². The summed E-state index contributed by atoms with van der Waals surface area (Å²) >= 11 is 0. The lowest BCUT2D eigenvalue weighted by Crippen LogP contribution is -2.51. The number of rotatable bonds is 6. The fraction of sp³-hybridized carbons (Fsp3) is 0.474. The molecule has 0 saturated carbocycles. The van der Waals surface area contributed by atoms with Gasteiger partial charge in [-0.15, -0.1) is 0 Å². The van der Waals surface area contributed by atoms with Crippen LogP contribution in [0, 0.1) is 6.92 Å². The van der Waals surface area contributed by atoms with Crippen LogP contribution >= 0.6 is 0 Å². The molecule has 1 fully saturated rings. The fourth-order valence-corrected chi connectivity index (χ4v) is 3.21. The third-order valence-electron chi connectivity index (χ3n) is 4.47. The molecule has 6 nitrogen and oxygen atoms in total. The normalized spacial score (nSPS) is 21.1. The zero-order valence-electron chi connectivity index (χ0n) is 14.9. The van der Waals surface area contributed by atoms with E-state index in [2.05, 4.69) is 20.2 Å². The van der Waals surface area contributed by atoms with E-state index in [0.29, 0.717) is 19.1 Å². The van der Waals surface area contributed by atoms with Crippen LogP contribution in [0.15, 0.2) is 36.7 Å². The maximum Gasteiger partial charge on any atom is 0.222 e. The molecule has 0 aliphatic carbocycles. The molecule has 1 saturated heterocycles. The second kappa shape index (κ2) is 7.80. The quantitative estimate of drug-likeness (QED) is 0.839. The van der Waals surface area contributed by atoms with Gasteiger partial charge in [0.05, 0.1) is 0 Å². The molecule has 3 rings (SSSR count). The molecule has 2 aromatic rings. The summed E-state index contributed by atoms with van der Waals surface area (Å²) in [5.41, 5.74) is 1.37. The number of β-amino-alcohol motifs (C(OH)–C–C–N with tert-alkyl or cyclic N) is 1. The van der Waals surface area contributed by atoms with Crippen LogP contribution in [0.3, 0.4) is 0 Å². The molecule has 2 N–H and O–H groups in total. The van der Waals surface area contributed by atoms with Crippen LogP contribution < -0.4 is 10.1 Å². The van der Waals surface area contributed by atoms with E-state index in [-0.39, 0.29) is 0 Å². The molecule has 0 bridgehead atoms. The number of anilines is 1. The number of nitrogens with zero attached hydrogens (tertiary/aromatic N) is 3. The fourth-order valence-electron chi connectivity index (χ4n) is 3.21. The van der Waals surface area contributed by atoms with Crippen LogP contribution in [0.2, 0.25) is 0 Å². The maximum absolute atomic E-state index is 10.9. The van der Waals surface area contributed by atoms with Gasteiger partial charge in [-0.2, -0.15) is 0 Å². The Morgan fingerprint density at radius 3 is 2.84 bits per heavy atom. The lowest BCUT2D eigenvalue weighted by Gasteiger charge is -2.38. The summed E-state index contributed by atoms with van der Waals surface area (Å²) in [5.74, 6) is 1.42. The molecule has 25 heavy (non-hydrogen) atoms. The number of hydrogen-bond acceptors (Lipinski definition) is 6. The number of hydrogen-bond donors (Lipinski definition) is 2. The number of piperidine rings is 1. The van der Waals surface area contributed by atoms with Gasteiger partial charge in [0.25, 0.3) is 0 Å². The Morgan fingerprint density at radius 2 is 2.12 bits per heavy atom. The van der Waals surface area contributed by atoms with E-state index < -0.39 is 5.60 Å². The first kappa shape index (κ1) is 17.6. The summed E-state index contributed by atoms with van der Waals surface area (Å²) in [6, 6.07) is 7.92. The molecule has 1 aliphatic heterocycles. The first-order valence-electron chi connectivity index (χ1n) is 8.69. The Hall–Kier alpha value is -2.18. The molecular weight excluding hydrogens is 316 g/mol. The Balaban J connectivity index is 1.57. The molecule has 6 heteroatoms. The van der Waals surface area contributed by atoms with Crippen LogP contribution in [0.1, 0.15) is 24.0 Å². The van der Waals surface area contributed by atoms with Crippen molar-refractivity contribution < 1.29 is 9.84 Å². The van der Waals surface area contributed by atoms with E-state index >= 15 is 0 Å². The minimum atomic E-state index is -0.826. The number of ether oxygens (including phenoxy) is 1. The predicted molar refractivity (Wildman–Crippen MR) is 97.7 cm³/mol. The van der Waals surface area contributed by atoms with Crippen molar-refractivity contribution in [1.82, 2.24) is 14.9 Å². The highest BCUT2D eigenvalue weighted by Crippen LogP contribution is 2.24. The number of aliphatic hydroxyl groups is 1. The van der Waals surface area contributed by atoms with E-state index in [1.54, 1.807) is 7.05 Å². The van der Waals surface area contributed by atoms with Crippen molar-refractivity contribution in [2.24, 2.45) is 0 Å². The number of likely N-dealkylation sites (tertiary alicyclic amines) is 1. The number of aromatic nitrogens is 2. The third kappa shape index (κ3) is 4.90. The van der Waals surface area contributed by atoms with Gasteiger partial charge < -0.3 is 15.2 Å². The molecule has 1 aliphatic rings. The first-order valence-corrected chi connectivity index (χ1v) is 8.69. The van der Waals surface area contributed by atoms with Crippen molar-refractivity contribution in [3.05, 3.63) is 47.8 Å². The van der Waals surface area contributed by atoms with Gasteiger partial charge in [-0.3, -0.25) is 4.90 Å². The monoisotopic (exact) mass is 342 g/mol. The Labute approximate surface area is 148 Å². The van der Waals surface area contributed by atoms with Crippen LogP contribution in [-0.4, -0.2) is 52.3 Å². The van der Waals surface area contributed by atoms with Crippen molar-refractivity contribution in [3.8, 4) is 5.75 Å². The van der Waals surface area contributed by atoms with Gasteiger partial charge >= 0.3 is 0 Å². The highest BCUT2D eigenvalue weighted by Gasteiger charge is 2.34. The van der Waals surface area contributed by atoms with Crippen molar-refractivity contribution in [2.75, 3.05) is 32.1 Å². The lowest BCUT2D eigenvalue weighted by atomic mass is 9.93. The molecule has 2 heterocycles. The number of aryl methyl sites for hydroxylation is 1. The van der Waals surface area contributed by atoms with E-state index in [4.69, 9.17) is 4.74 Å². The average molecular weight is 342 g/mol. The van der Waals surface area contributed by atoms with E-state index in [0.717, 1.165) is 42.8 Å². The van der Waals surface area contributed by atoms with Gasteiger partial charge in [-0.1, -0.05) is 12.1 Å². The first-order chi connectivity index (χ1) is 12.1. The minimum Gasteiger partial charge on any atom is -0.491 e.